The number of anilines is 1. The summed E-state index contributed by atoms with van der Waals surface area (Å²) in [6.45, 7) is 3.26. The van der Waals surface area contributed by atoms with Crippen LogP contribution in [-0.4, -0.2) is 41.1 Å². The van der Waals surface area contributed by atoms with Gasteiger partial charge in [-0.05, 0) is 38.4 Å². The predicted molar refractivity (Wildman–Crippen MR) is 86.4 cm³/mol. The summed E-state index contributed by atoms with van der Waals surface area (Å²) in [6, 6.07) is 3.02. The van der Waals surface area contributed by atoms with E-state index in [0.29, 0.717) is 27.3 Å². The molecule has 1 aromatic carbocycles. The molecule has 4 nitrogen and oxygen atoms in total. The van der Waals surface area contributed by atoms with Crippen LogP contribution >= 0.6 is 34.8 Å². The van der Waals surface area contributed by atoms with Gasteiger partial charge in [0.05, 0.1) is 32.9 Å². The summed E-state index contributed by atoms with van der Waals surface area (Å²) < 4.78 is 0. The molecule has 1 saturated heterocycles. The molecule has 1 unspecified atom stereocenters. The molecule has 1 aliphatic rings. The fourth-order valence-corrected chi connectivity index (χ4v) is 3.06. The van der Waals surface area contributed by atoms with Gasteiger partial charge in [-0.15, -0.1) is 0 Å². The molecular weight excluding hydrogens is 335 g/mol. The third kappa shape index (κ3) is 4.73. The Morgan fingerprint density at radius 1 is 1.33 bits per heavy atom. The van der Waals surface area contributed by atoms with Crippen molar-refractivity contribution in [3.63, 3.8) is 0 Å². The van der Waals surface area contributed by atoms with Gasteiger partial charge in [0.2, 0.25) is 5.91 Å². The number of amides is 1. The van der Waals surface area contributed by atoms with Crippen LogP contribution in [0.5, 0.6) is 0 Å². The summed E-state index contributed by atoms with van der Waals surface area (Å²) in [4.78, 5) is 14.0. The normalized spacial score (nSPS) is 23.1. The molecule has 116 valence electrons. The molecule has 1 fully saturated rings. The molecule has 1 amide bonds. The SMILES string of the molecule is CC1(O)CCCN(CC(=O)Nc2cc(Cl)c(Cl)cc2Cl)C1. The minimum atomic E-state index is -0.736. The monoisotopic (exact) mass is 350 g/mol. The van der Waals surface area contributed by atoms with Gasteiger partial charge >= 0.3 is 0 Å². The molecule has 1 heterocycles. The molecule has 21 heavy (non-hydrogen) atoms. The highest BCUT2D eigenvalue weighted by molar-refractivity contribution is 6.44. The lowest BCUT2D eigenvalue weighted by atomic mass is 9.95. The van der Waals surface area contributed by atoms with Gasteiger partial charge in [0.25, 0.3) is 0 Å². The zero-order valence-corrected chi connectivity index (χ0v) is 13.9. The first-order chi connectivity index (χ1) is 9.77. The van der Waals surface area contributed by atoms with Crippen molar-refractivity contribution in [1.82, 2.24) is 4.90 Å². The number of nitrogens with zero attached hydrogens (tertiary/aromatic N) is 1. The van der Waals surface area contributed by atoms with E-state index in [-0.39, 0.29) is 12.5 Å². The molecule has 1 atom stereocenters. The summed E-state index contributed by atoms with van der Waals surface area (Å²) in [6.07, 6.45) is 1.62. The number of hydrogen-bond donors (Lipinski definition) is 2. The van der Waals surface area contributed by atoms with Gasteiger partial charge in [-0.1, -0.05) is 34.8 Å². The zero-order valence-electron chi connectivity index (χ0n) is 11.6. The summed E-state index contributed by atoms with van der Waals surface area (Å²) in [5.74, 6) is -0.201. The van der Waals surface area contributed by atoms with Crippen LogP contribution in [0.25, 0.3) is 0 Å². The molecule has 0 radical (unpaired) electrons. The molecule has 0 spiro atoms. The van der Waals surface area contributed by atoms with Crippen molar-refractivity contribution in [2.45, 2.75) is 25.4 Å². The molecule has 0 aliphatic carbocycles. The number of benzene rings is 1. The third-order valence-corrected chi connectivity index (χ3v) is 4.44. The molecule has 1 aliphatic heterocycles. The Morgan fingerprint density at radius 2 is 2.00 bits per heavy atom. The number of β-amino-alcohol motifs (C(OH)–C–C–N with tert-alkyl or cyclic N) is 1. The fraction of sp³-hybridized carbons (Fsp3) is 0.500. The van der Waals surface area contributed by atoms with E-state index in [9.17, 15) is 9.90 Å². The first-order valence-corrected chi connectivity index (χ1v) is 7.79. The van der Waals surface area contributed by atoms with Crippen LogP contribution in [-0.2, 0) is 4.79 Å². The maximum absolute atomic E-state index is 12.1. The number of carbonyl (C=O) groups is 1. The van der Waals surface area contributed by atoms with Crippen LogP contribution in [0.4, 0.5) is 5.69 Å². The van der Waals surface area contributed by atoms with Crippen molar-refractivity contribution in [1.29, 1.82) is 0 Å². The second-order valence-corrected chi connectivity index (χ2v) is 6.83. The quantitative estimate of drug-likeness (QED) is 0.820. The zero-order chi connectivity index (χ0) is 15.6. The van der Waals surface area contributed by atoms with Crippen LogP contribution in [0, 0.1) is 0 Å². The van der Waals surface area contributed by atoms with Gasteiger partial charge in [0.15, 0.2) is 0 Å². The second-order valence-electron chi connectivity index (χ2n) is 5.61. The van der Waals surface area contributed by atoms with Crippen LogP contribution in [0.3, 0.4) is 0 Å². The van der Waals surface area contributed by atoms with Gasteiger partial charge in [0, 0.05) is 6.54 Å². The Hall–Kier alpha value is -0.520. The van der Waals surface area contributed by atoms with E-state index in [0.717, 1.165) is 19.4 Å². The van der Waals surface area contributed by atoms with Gasteiger partial charge in [0.1, 0.15) is 0 Å². The lowest BCUT2D eigenvalue weighted by molar-refractivity contribution is -0.118. The van der Waals surface area contributed by atoms with E-state index in [1.165, 1.54) is 12.1 Å². The van der Waals surface area contributed by atoms with Crippen molar-refractivity contribution in [2.24, 2.45) is 0 Å². The van der Waals surface area contributed by atoms with Crippen LogP contribution in [0.1, 0.15) is 19.8 Å². The van der Waals surface area contributed by atoms with Crippen molar-refractivity contribution in [3.05, 3.63) is 27.2 Å². The standard InChI is InChI=1S/C14H17Cl3N2O2/c1-14(21)3-2-4-19(8-14)7-13(20)18-12-6-10(16)9(15)5-11(12)17/h5-6,21H,2-4,7-8H2,1H3,(H,18,20). The highest BCUT2D eigenvalue weighted by Crippen LogP contribution is 2.32. The first-order valence-electron chi connectivity index (χ1n) is 6.66. The molecule has 2 rings (SSSR count). The maximum atomic E-state index is 12.1. The number of nitrogens with one attached hydrogen (secondary N) is 1. The van der Waals surface area contributed by atoms with Gasteiger partial charge in [-0.2, -0.15) is 0 Å². The van der Waals surface area contributed by atoms with Crippen LogP contribution < -0.4 is 5.32 Å². The number of rotatable bonds is 3. The van der Waals surface area contributed by atoms with Crippen molar-refractivity contribution >= 4 is 46.4 Å². The predicted octanol–water partition coefficient (Wildman–Crippen LogP) is 3.43. The molecular formula is C14H17Cl3N2O2. The summed E-state index contributed by atoms with van der Waals surface area (Å²) >= 11 is 17.8. The highest BCUT2D eigenvalue weighted by Gasteiger charge is 2.29. The van der Waals surface area contributed by atoms with E-state index in [1.54, 1.807) is 6.92 Å². The maximum Gasteiger partial charge on any atom is 0.238 e. The van der Waals surface area contributed by atoms with E-state index in [2.05, 4.69) is 5.32 Å². The summed E-state index contributed by atoms with van der Waals surface area (Å²) in [5, 5.41) is 13.8. The molecule has 0 saturated carbocycles. The van der Waals surface area contributed by atoms with E-state index < -0.39 is 5.60 Å². The minimum Gasteiger partial charge on any atom is -0.389 e. The third-order valence-electron chi connectivity index (χ3n) is 3.41. The van der Waals surface area contributed by atoms with E-state index >= 15 is 0 Å². The fourth-order valence-electron chi connectivity index (χ4n) is 2.47. The Morgan fingerprint density at radius 3 is 2.67 bits per heavy atom. The Bertz CT molecular complexity index is 549. The average Bonchev–Trinajstić information content (AvgIpc) is 2.34. The number of aliphatic hydroxyl groups is 1. The van der Waals surface area contributed by atoms with E-state index in [1.807, 2.05) is 4.90 Å². The Kier molecular flexibility index (Phi) is 5.38. The van der Waals surface area contributed by atoms with Crippen molar-refractivity contribution < 1.29 is 9.90 Å². The minimum absolute atomic E-state index is 0.201. The smallest absolute Gasteiger partial charge is 0.238 e. The number of halogens is 3. The summed E-state index contributed by atoms with van der Waals surface area (Å²) in [7, 11) is 0. The number of hydrogen-bond acceptors (Lipinski definition) is 3. The first kappa shape index (κ1) is 16.8. The topological polar surface area (TPSA) is 52.6 Å². The molecule has 0 aromatic heterocycles. The van der Waals surface area contributed by atoms with Crippen LogP contribution in [0.2, 0.25) is 15.1 Å². The lowest BCUT2D eigenvalue weighted by Crippen LogP contribution is -2.48. The van der Waals surface area contributed by atoms with Crippen molar-refractivity contribution in [3.8, 4) is 0 Å². The van der Waals surface area contributed by atoms with Gasteiger partial charge in [-0.25, -0.2) is 0 Å². The largest absolute Gasteiger partial charge is 0.389 e. The molecule has 0 bridgehead atoms. The van der Waals surface area contributed by atoms with Crippen LogP contribution in [0.15, 0.2) is 12.1 Å². The van der Waals surface area contributed by atoms with E-state index in [4.69, 9.17) is 34.8 Å². The Labute approximate surface area is 139 Å². The highest BCUT2D eigenvalue weighted by atomic mass is 35.5. The average molecular weight is 352 g/mol. The summed E-state index contributed by atoms with van der Waals surface area (Å²) in [5.41, 5.74) is -0.306. The molecule has 7 heteroatoms. The number of piperidine rings is 1. The Balaban J connectivity index is 1.97. The van der Waals surface area contributed by atoms with Gasteiger partial charge in [-0.3, -0.25) is 9.69 Å². The second kappa shape index (κ2) is 6.71. The number of likely N-dealkylation sites (tertiary alicyclic amines) is 1. The lowest BCUT2D eigenvalue weighted by Gasteiger charge is -2.36. The molecule has 1 aromatic rings. The number of carbonyl (C=O) groups excluding carboxylic acids is 1. The van der Waals surface area contributed by atoms with Gasteiger partial charge < -0.3 is 10.4 Å². The van der Waals surface area contributed by atoms with Crippen molar-refractivity contribution in [2.75, 3.05) is 25.0 Å². The molecule has 2 N–H and O–H groups in total.